The van der Waals surface area contributed by atoms with Gasteiger partial charge in [-0.3, -0.25) is 9.59 Å². The quantitative estimate of drug-likeness (QED) is 0.407. The van der Waals surface area contributed by atoms with Gasteiger partial charge in [0.1, 0.15) is 0 Å². The lowest BCUT2D eigenvalue weighted by Crippen LogP contribution is -2.18. The van der Waals surface area contributed by atoms with Crippen molar-refractivity contribution in [3.05, 3.63) is 132 Å². The second kappa shape index (κ2) is 8.24. The Hall–Kier alpha value is -3.52. The van der Waals surface area contributed by atoms with E-state index in [-0.39, 0.29) is 11.6 Å². The predicted molar refractivity (Wildman–Crippen MR) is 109 cm³/mol. The summed E-state index contributed by atoms with van der Waals surface area (Å²) < 4.78 is 0. The van der Waals surface area contributed by atoms with Gasteiger partial charge in [0.2, 0.25) is 0 Å². The molecule has 0 fully saturated rings. The summed E-state index contributed by atoms with van der Waals surface area (Å²) in [6, 6.07) is 27.3. The number of hydrogen-bond donors (Lipinski definition) is 0. The van der Waals surface area contributed by atoms with Crippen LogP contribution in [0.4, 0.5) is 0 Å². The van der Waals surface area contributed by atoms with Gasteiger partial charge in [0.25, 0.3) is 0 Å². The Morgan fingerprint density at radius 3 is 1.26 bits per heavy atom. The first-order valence-corrected chi connectivity index (χ1v) is 8.71. The topological polar surface area (TPSA) is 34.1 Å². The van der Waals surface area contributed by atoms with Crippen LogP contribution >= 0.6 is 0 Å². The van der Waals surface area contributed by atoms with E-state index < -0.39 is 5.92 Å². The zero-order valence-electron chi connectivity index (χ0n) is 15.0. The van der Waals surface area contributed by atoms with E-state index in [4.69, 9.17) is 0 Å². The van der Waals surface area contributed by atoms with Gasteiger partial charge in [0.05, 0.1) is 0 Å². The summed E-state index contributed by atoms with van der Waals surface area (Å²) in [7, 11) is 0. The third-order valence-corrected chi connectivity index (χ3v) is 4.49. The van der Waals surface area contributed by atoms with Crippen molar-refractivity contribution in [3.63, 3.8) is 0 Å². The molecule has 0 saturated carbocycles. The number of allylic oxidation sites excluding steroid dienone is 2. The largest absolute Gasteiger partial charge is 0.289 e. The number of Topliss-reactive ketones (excluding diaryl/α,β-unsaturated/α-hetero) is 2. The molecule has 3 rings (SSSR count). The molecule has 0 amide bonds. The van der Waals surface area contributed by atoms with Gasteiger partial charge < -0.3 is 0 Å². The van der Waals surface area contributed by atoms with Gasteiger partial charge in [0.15, 0.2) is 11.6 Å². The van der Waals surface area contributed by atoms with E-state index in [0.717, 1.165) is 5.56 Å². The number of benzene rings is 3. The summed E-state index contributed by atoms with van der Waals surface area (Å²) in [5.41, 5.74) is 2.58. The van der Waals surface area contributed by atoms with Gasteiger partial charge in [-0.05, 0) is 5.56 Å². The molecule has 3 aromatic rings. The van der Waals surface area contributed by atoms with Crippen LogP contribution in [0.15, 0.2) is 115 Å². The van der Waals surface area contributed by atoms with Gasteiger partial charge in [0, 0.05) is 28.2 Å². The fourth-order valence-electron chi connectivity index (χ4n) is 3.07. The molecule has 0 atom stereocenters. The fraction of sp³-hybridized carbons (Fsp3) is 0.0400. The molecule has 0 N–H and O–H groups in total. The average Bonchev–Trinajstić information content (AvgIpc) is 2.74. The summed E-state index contributed by atoms with van der Waals surface area (Å²) in [6.07, 6.45) is 0. The summed E-state index contributed by atoms with van der Waals surface area (Å²) in [5.74, 6) is -0.954. The molecule has 132 valence electrons. The normalized spacial score (nSPS) is 10.4. The third-order valence-electron chi connectivity index (χ3n) is 4.49. The first-order chi connectivity index (χ1) is 13.1. The summed E-state index contributed by atoms with van der Waals surface area (Å²) >= 11 is 0. The summed E-state index contributed by atoms with van der Waals surface area (Å²) in [4.78, 5) is 25.9. The van der Waals surface area contributed by atoms with E-state index in [9.17, 15) is 9.59 Å². The van der Waals surface area contributed by atoms with E-state index in [2.05, 4.69) is 13.2 Å². The van der Waals surface area contributed by atoms with E-state index in [1.165, 1.54) is 0 Å². The predicted octanol–water partition coefficient (Wildman–Crippen LogP) is 5.65. The van der Waals surface area contributed by atoms with Crippen LogP contribution in [0.1, 0.15) is 32.2 Å². The second-order valence-corrected chi connectivity index (χ2v) is 6.28. The summed E-state index contributed by atoms with van der Waals surface area (Å²) in [6.45, 7) is 8.08. The number of ketones is 2. The molecule has 0 aliphatic rings. The lowest BCUT2D eigenvalue weighted by Gasteiger charge is -2.21. The van der Waals surface area contributed by atoms with Crippen molar-refractivity contribution in [2.75, 3.05) is 0 Å². The van der Waals surface area contributed by atoms with Crippen molar-refractivity contribution < 1.29 is 9.59 Å². The monoisotopic (exact) mass is 352 g/mol. The Morgan fingerprint density at radius 1 is 0.556 bits per heavy atom. The maximum absolute atomic E-state index is 13.0. The number of rotatable bonds is 7. The molecule has 0 aliphatic carbocycles. The lowest BCUT2D eigenvalue weighted by molar-refractivity contribution is 0.102. The first kappa shape index (κ1) is 18.3. The van der Waals surface area contributed by atoms with Crippen LogP contribution in [-0.4, -0.2) is 11.6 Å². The molecule has 0 unspecified atom stereocenters. The molecular weight excluding hydrogens is 332 g/mol. The van der Waals surface area contributed by atoms with E-state index in [1.807, 2.05) is 66.7 Å². The molecule has 0 saturated heterocycles. The number of hydrogen-bond acceptors (Lipinski definition) is 2. The molecule has 27 heavy (non-hydrogen) atoms. The fourth-order valence-corrected chi connectivity index (χ4v) is 3.07. The Bertz CT molecular complexity index is 907. The minimum Gasteiger partial charge on any atom is -0.289 e. The zero-order valence-corrected chi connectivity index (χ0v) is 15.0. The SMILES string of the molecule is C=C(C(=O)c1ccccc1)C(C(=C)C(=O)c1ccccc1)c1ccccc1. The van der Waals surface area contributed by atoms with Crippen molar-refractivity contribution in [1.29, 1.82) is 0 Å². The van der Waals surface area contributed by atoms with E-state index in [1.54, 1.807) is 24.3 Å². The lowest BCUT2D eigenvalue weighted by atomic mass is 9.80. The highest BCUT2D eigenvalue weighted by atomic mass is 16.1. The Labute approximate surface area is 159 Å². The number of carbonyl (C=O) groups is 2. The minimum atomic E-state index is -0.577. The molecule has 0 radical (unpaired) electrons. The standard InChI is InChI=1S/C25H20O2/c1-18(24(26)21-14-8-4-9-15-21)23(20-12-6-3-7-13-20)19(2)25(27)22-16-10-5-11-17-22/h3-17,23H,1-2H2. The van der Waals surface area contributed by atoms with Crippen molar-refractivity contribution >= 4 is 11.6 Å². The number of carbonyl (C=O) groups excluding carboxylic acids is 2. The van der Waals surface area contributed by atoms with Crippen LogP contribution in [-0.2, 0) is 0 Å². The first-order valence-electron chi connectivity index (χ1n) is 8.71. The molecular formula is C25H20O2. The summed E-state index contributed by atoms with van der Waals surface area (Å²) in [5, 5.41) is 0. The molecule has 0 heterocycles. The maximum Gasteiger partial charge on any atom is 0.189 e. The van der Waals surface area contributed by atoms with Crippen LogP contribution in [0.5, 0.6) is 0 Å². The molecule has 0 aliphatic heterocycles. The molecule has 3 aromatic carbocycles. The van der Waals surface area contributed by atoms with Crippen LogP contribution in [0, 0.1) is 0 Å². The van der Waals surface area contributed by atoms with Crippen LogP contribution < -0.4 is 0 Å². The Kier molecular flexibility index (Phi) is 5.58. The molecule has 2 nitrogen and oxygen atoms in total. The van der Waals surface area contributed by atoms with Gasteiger partial charge in [-0.15, -0.1) is 0 Å². The van der Waals surface area contributed by atoms with Crippen LogP contribution in [0.3, 0.4) is 0 Å². The maximum atomic E-state index is 13.0. The molecule has 2 heteroatoms. The smallest absolute Gasteiger partial charge is 0.189 e. The molecule has 0 aromatic heterocycles. The van der Waals surface area contributed by atoms with E-state index in [0.29, 0.717) is 22.3 Å². The van der Waals surface area contributed by atoms with Gasteiger partial charge in [-0.2, -0.15) is 0 Å². The van der Waals surface area contributed by atoms with Gasteiger partial charge >= 0.3 is 0 Å². The van der Waals surface area contributed by atoms with E-state index >= 15 is 0 Å². The highest BCUT2D eigenvalue weighted by molar-refractivity contribution is 6.14. The zero-order chi connectivity index (χ0) is 19.2. The Morgan fingerprint density at radius 2 is 0.889 bits per heavy atom. The van der Waals surface area contributed by atoms with Gasteiger partial charge in [-0.25, -0.2) is 0 Å². The Balaban J connectivity index is 1.99. The minimum absolute atomic E-state index is 0.188. The van der Waals surface area contributed by atoms with Gasteiger partial charge in [-0.1, -0.05) is 104 Å². The van der Waals surface area contributed by atoms with Crippen LogP contribution in [0.25, 0.3) is 0 Å². The van der Waals surface area contributed by atoms with Crippen molar-refractivity contribution in [2.45, 2.75) is 5.92 Å². The third kappa shape index (κ3) is 4.01. The highest BCUT2D eigenvalue weighted by Crippen LogP contribution is 2.33. The second-order valence-electron chi connectivity index (χ2n) is 6.28. The molecule has 0 spiro atoms. The average molecular weight is 352 g/mol. The van der Waals surface area contributed by atoms with Crippen molar-refractivity contribution in [1.82, 2.24) is 0 Å². The van der Waals surface area contributed by atoms with Crippen LogP contribution in [0.2, 0.25) is 0 Å². The van der Waals surface area contributed by atoms with Crippen molar-refractivity contribution in [2.24, 2.45) is 0 Å². The highest BCUT2D eigenvalue weighted by Gasteiger charge is 2.28. The van der Waals surface area contributed by atoms with Crippen molar-refractivity contribution in [3.8, 4) is 0 Å². The molecule has 0 bridgehead atoms.